The van der Waals surface area contributed by atoms with Gasteiger partial charge in [-0.3, -0.25) is 0 Å². The Morgan fingerprint density at radius 3 is 3.00 bits per heavy atom. The van der Waals surface area contributed by atoms with Crippen molar-refractivity contribution in [3.63, 3.8) is 0 Å². The average molecular weight is 323 g/mol. The van der Waals surface area contributed by atoms with E-state index >= 15 is 0 Å². The van der Waals surface area contributed by atoms with Gasteiger partial charge in [-0.25, -0.2) is 9.59 Å². The number of ether oxygens (including phenoxy) is 1. The zero-order valence-electron chi connectivity index (χ0n) is 12.6. The molecule has 7 heteroatoms. The Hall–Kier alpha value is -1.89. The van der Waals surface area contributed by atoms with E-state index in [1.165, 1.54) is 0 Å². The van der Waals surface area contributed by atoms with Crippen molar-refractivity contribution in [3.05, 3.63) is 24.3 Å². The van der Waals surface area contributed by atoms with E-state index in [-0.39, 0.29) is 12.1 Å². The Bertz CT molecular complexity index is 525. The van der Waals surface area contributed by atoms with Gasteiger partial charge in [-0.05, 0) is 24.3 Å². The second kappa shape index (κ2) is 8.53. The van der Waals surface area contributed by atoms with E-state index in [2.05, 4.69) is 17.6 Å². The molecule has 0 spiro atoms. The lowest BCUT2D eigenvalue weighted by atomic mass is 10.3. The molecule has 0 saturated carbocycles. The second-order valence-electron chi connectivity index (χ2n) is 4.77. The van der Waals surface area contributed by atoms with Crippen LogP contribution in [0.2, 0.25) is 0 Å². The number of hydrogen-bond donors (Lipinski definition) is 2. The summed E-state index contributed by atoms with van der Waals surface area (Å²) in [4.78, 5) is 26.0. The predicted molar refractivity (Wildman–Crippen MR) is 87.4 cm³/mol. The van der Waals surface area contributed by atoms with Gasteiger partial charge in [0.15, 0.2) is 0 Å². The van der Waals surface area contributed by atoms with Crippen LogP contribution in [0.3, 0.4) is 0 Å². The predicted octanol–water partition coefficient (Wildman–Crippen LogP) is 2.76. The molecule has 0 atom stereocenters. The first-order chi connectivity index (χ1) is 10.7. The van der Waals surface area contributed by atoms with Crippen LogP contribution in [0.5, 0.6) is 0 Å². The SMILES string of the molecule is CCSc1ccccc1NC(=O)NCCN1CCCOC1=O. The number of nitrogens with one attached hydrogen (secondary N) is 2. The Morgan fingerprint density at radius 2 is 2.23 bits per heavy atom. The number of cyclic esters (lactones) is 1. The van der Waals surface area contributed by atoms with Crippen molar-refractivity contribution in [2.45, 2.75) is 18.2 Å². The van der Waals surface area contributed by atoms with Crippen LogP contribution in [0, 0.1) is 0 Å². The third-order valence-electron chi connectivity index (χ3n) is 3.16. The van der Waals surface area contributed by atoms with Crippen molar-refractivity contribution in [2.75, 3.05) is 37.3 Å². The molecule has 1 saturated heterocycles. The van der Waals surface area contributed by atoms with Crippen molar-refractivity contribution in [2.24, 2.45) is 0 Å². The lowest BCUT2D eigenvalue weighted by Crippen LogP contribution is -2.43. The summed E-state index contributed by atoms with van der Waals surface area (Å²) in [5.41, 5.74) is 0.796. The molecule has 1 aromatic carbocycles. The van der Waals surface area contributed by atoms with E-state index in [1.54, 1.807) is 16.7 Å². The molecule has 1 heterocycles. The fourth-order valence-electron chi connectivity index (χ4n) is 2.12. The summed E-state index contributed by atoms with van der Waals surface area (Å²) in [5, 5.41) is 5.60. The van der Waals surface area contributed by atoms with E-state index in [1.807, 2.05) is 24.3 Å². The van der Waals surface area contributed by atoms with Crippen LogP contribution < -0.4 is 10.6 Å². The quantitative estimate of drug-likeness (QED) is 0.790. The molecule has 0 radical (unpaired) electrons. The van der Waals surface area contributed by atoms with Crippen LogP contribution in [0.15, 0.2) is 29.2 Å². The number of amides is 3. The van der Waals surface area contributed by atoms with Gasteiger partial charge in [0.1, 0.15) is 0 Å². The highest BCUT2D eigenvalue weighted by Crippen LogP contribution is 2.26. The minimum Gasteiger partial charge on any atom is -0.449 e. The molecule has 1 aliphatic heterocycles. The number of urea groups is 1. The summed E-state index contributed by atoms with van der Waals surface area (Å²) in [7, 11) is 0. The molecule has 1 aromatic rings. The van der Waals surface area contributed by atoms with Crippen LogP contribution >= 0.6 is 11.8 Å². The number of carbonyl (C=O) groups is 2. The fourth-order valence-corrected chi connectivity index (χ4v) is 2.88. The lowest BCUT2D eigenvalue weighted by molar-refractivity contribution is 0.0736. The van der Waals surface area contributed by atoms with Gasteiger partial charge in [-0.15, -0.1) is 11.8 Å². The van der Waals surface area contributed by atoms with Crippen LogP contribution in [0.25, 0.3) is 0 Å². The molecule has 6 nitrogen and oxygen atoms in total. The zero-order chi connectivity index (χ0) is 15.8. The first kappa shape index (κ1) is 16.5. The van der Waals surface area contributed by atoms with Crippen LogP contribution in [0.4, 0.5) is 15.3 Å². The molecule has 2 N–H and O–H groups in total. The van der Waals surface area contributed by atoms with Gasteiger partial charge in [0, 0.05) is 24.5 Å². The van der Waals surface area contributed by atoms with E-state index in [0.717, 1.165) is 22.8 Å². The van der Waals surface area contributed by atoms with Crippen molar-refractivity contribution in [3.8, 4) is 0 Å². The summed E-state index contributed by atoms with van der Waals surface area (Å²) in [6.07, 6.45) is 0.526. The van der Waals surface area contributed by atoms with Crippen molar-refractivity contribution < 1.29 is 14.3 Å². The molecular formula is C15H21N3O3S. The van der Waals surface area contributed by atoms with Crippen molar-refractivity contribution >= 4 is 29.6 Å². The van der Waals surface area contributed by atoms with Crippen molar-refractivity contribution in [1.82, 2.24) is 10.2 Å². The van der Waals surface area contributed by atoms with Crippen molar-refractivity contribution in [1.29, 1.82) is 0 Å². The summed E-state index contributed by atoms with van der Waals surface area (Å²) >= 11 is 1.68. The summed E-state index contributed by atoms with van der Waals surface area (Å²) < 4.78 is 4.94. The van der Waals surface area contributed by atoms with E-state index < -0.39 is 0 Å². The van der Waals surface area contributed by atoms with Crippen LogP contribution in [-0.4, -0.2) is 49.0 Å². The molecule has 1 aliphatic rings. The summed E-state index contributed by atoms with van der Waals surface area (Å²) in [5.74, 6) is 0.942. The highest BCUT2D eigenvalue weighted by Gasteiger charge is 2.18. The summed E-state index contributed by atoms with van der Waals surface area (Å²) in [6.45, 7) is 4.08. The number of rotatable bonds is 6. The molecule has 0 aliphatic carbocycles. The van der Waals surface area contributed by atoms with Crippen LogP contribution in [-0.2, 0) is 4.74 Å². The zero-order valence-corrected chi connectivity index (χ0v) is 13.4. The monoisotopic (exact) mass is 323 g/mol. The number of anilines is 1. The molecule has 22 heavy (non-hydrogen) atoms. The number of thioether (sulfide) groups is 1. The molecular weight excluding hydrogens is 302 g/mol. The first-order valence-electron chi connectivity index (χ1n) is 7.39. The molecule has 2 rings (SSSR count). The summed E-state index contributed by atoms with van der Waals surface area (Å²) in [6, 6.07) is 7.42. The topological polar surface area (TPSA) is 70.7 Å². The Kier molecular flexibility index (Phi) is 6.39. The van der Waals surface area contributed by atoms with Gasteiger partial charge < -0.3 is 20.3 Å². The number of nitrogens with zero attached hydrogens (tertiary/aromatic N) is 1. The van der Waals surface area contributed by atoms with Gasteiger partial charge in [0.05, 0.1) is 12.3 Å². The van der Waals surface area contributed by atoms with E-state index in [9.17, 15) is 9.59 Å². The maximum absolute atomic E-state index is 11.9. The second-order valence-corrected chi connectivity index (χ2v) is 6.07. The number of hydrogen-bond acceptors (Lipinski definition) is 4. The Morgan fingerprint density at radius 1 is 1.41 bits per heavy atom. The van der Waals surface area contributed by atoms with Gasteiger partial charge in [-0.2, -0.15) is 0 Å². The average Bonchev–Trinajstić information content (AvgIpc) is 2.51. The molecule has 0 bridgehead atoms. The lowest BCUT2D eigenvalue weighted by Gasteiger charge is -2.26. The number of para-hydroxylation sites is 1. The minimum atomic E-state index is -0.307. The Balaban J connectivity index is 1.77. The van der Waals surface area contributed by atoms with Gasteiger partial charge in [0.25, 0.3) is 0 Å². The third-order valence-corrected chi connectivity index (χ3v) is 4.11. The Labute approximate surface area is 134 Å². The number of carbonyl (C=O) groups excluding carboxylic acids is 2. The van der Waals surface area contributed by atoms with E-state index in [0.29, 0.717) is 26.2 Å². The standard InChI is InChI=1S/C15H21N3O3S/c1-2-22-13-7-4-3-6-12(13)17-14(19)16-8-10-18-9-5-11-21-15(18)20/h3-4,6-7H,2,5,8-11H2,1H3,(H2,16,17,19). The normalized spacial score (nSPS) is 14.4. The third kappa shape index (κ3) is 4.84. The van der Waals surface area contributed by atoms with Crippen LogP contribution in [0.1, 0.15) is 13.3 Å². The van der Waals surface area contributed by atoms with E-state index in [4.69, 9.17) is 4.74 Å². The molecule has 0 aromatic heterocycles. The maximum atomic E-state index is 11.9. The minimum absolute atomic E-state index is 0.269. The number of benzene rings is 1. The largest absolute Gasteiger partial charge is 0.449 e. The maximum Gasteiger partial charge on any atom is 0.409 e. The molecule has 0 unspecified atom stereocenters. The highest BCUT2D eigenvalue weighted by molar-refractivity contribution is 7.99. The molecule has 120 valence electrons. The highest BCUT2D eigenvalue weighted by atomic mass is 32.2. The smallest absolute Gasteiger partial charge is 0.409 e. The van der Waals surface area contributed by atoms with Gasteiger partial charge in [0.2, 0.25) is 0 Å². The van der Waals surface area contributed by atoms with Gasteiger partial charge >= 0.3 is 12.1 Å². The fraction of sp³-hybridized carbons (Fsp3) is 0.467. The first-order valence-corrected chi connectivity index (χ1v) is 8.37. The van der Waals surface area contributed by atoms with Gasteiger partial charge in [-0.1, -0.05) is 19.1 Å². The molecule has 3 amide bonds. The molecule has 1 fully saturated rings.